The third-order valence-corrected chi connectivity index (χ3v) is 7.04. The van der Waals surface area contributed by atoms with Crippen LogP contribution in [0.5, 0.6) is 0 Å². The van der Waals surface area contributed by atoms with E-state index in [-0.39, 0.29) is 10.8 Å². The lowest BCUT2D eigenvalue weighted by Gasteiger charge is -2.33. The number of likely N-dealkylation sites (tertiary alicyclic amines) is 1. The standard InChI is InChI=1S/C24H27N3O4S/c1-15-6-11-20(17(3)13-15)21-22(26-12-4-5-16(2)14-26)24(29)27(23(21)28)18-7-9-19(10-8-18)32(25,30)31/h6-11,13,16H,4-5,12,14H2,1-3H3,(H2,25,30,31). The third-order valence-electron chi connectivity index (χ3n) is 6.11. The van der Waals surface area contributed by atoms with Crippen molar-refractivity contribution in [3.8, 4) is 0 Å². The van der Waals surface area contributed by atoms with Crippen LogP contribution in [0.25, 0.3) is 5.57 Å². The highest BCUT2D eigenvalue weighted by atomic mass is 32.2. The van der Waals surface area contributed by atoms with Gasteiger partial charge in [0.25, 0.3) is 11.8 Å². The van der Waals surface area contributed by atoms with Gasteiger partial charge >= 0.3 is 0 Å². The van der Waals surface area contributed by atoms with E-state index in [4.69, 9.17) is 5.14 Å². The summed E-state index contributed by atoms with van der Waals surface area (Å²) in [6, 6.07) is 11.3. The molecule has 2 aliphatic heterocycles. The number of sulfonamides is 1. The number of nitrogens with two attached hydrogens (primary N) is 1. The number of hydrogen-bond donors (Lipinski definition) is 1. The average Bonchev–Trinajstić information content (AvgIpc) is 2.97. The number of rotatable bonds is 4. The average molecular weight is 454 g/mol. The molecule has 1 fully saturated rings. The highest BCUT2D eigenvalue weighted by Crippen LogP contribution is 2.37. The Morgan fingerprint density at radius 3 is 2.28 bits per heavy atom. The quantitative estimate of drug-likeness (QED) is 0.718. The summed E-state index contributed by atoms with van der Waals surface area (Å²) in [5, 5.41) is 5.18. The minimum absolute atomic E-state index is 0.0759. The molecule has 168 valence electrons. The fourth-order valence-corrected chi connectivity index (χ4v) is 5.08. The molecule has 0 saturated carbocycles. The molecule has 2 aromatic carbocycles. The van der Waals surface area contributed by atoms with Gasteiger partial charge in [0.2, 0.25) is 10.0 Å². The highest BCUT2D eigenvalue weighted by Gasteiger charge is 2.43. The van der Waals surface area contributed by atoms with Crippen LogP contribution in [-0.2, 0) is 19.6 Å². The van der Waals surface area contributed by atoms with Crippen molar-refractivity contribution in [3.63, 3.8) is 0 Å². The number of piperidine rings is 1. The molecule has 32 heavy (non-hydrogen) atoms. The number of aryl methyl sites for hydroxylation is 2. The van der Waals surface area contributed by atoms with Crippen molar-refractivity contribution in [2.24, 2.45) is 11.1 Å². The summed E-state index contributed by atoms with van der Waals surface area (Å²) < 4.78 is 23.2. The molecule has 2 aliphatic rings. The summed E-state index contributed by atoms with van der Waals surface area (Å²) in [6.07, 6.45) is 2.04. The second-order valence-electron chi connectivity index (χ2n) is 8.72. The fourth-order valence-electron chi connectivity index (χ4n) is 4.56. The number of imide groups is 1. The monoisotopic (exact) mass is 453 g/mol. The predicted octanol–water partition coefficient (Wildman–Crippen LogP) is 2.97. The molecule has 1 unspecified atom stereocenters. The molecule has 2 amide bonds. The van der Waals surface area contributed by atoms with Crippen LogP contribution in [0, 0.1) is 19.8 Å². The molecule has 2 heterocycles. The summed E-state index contributed by atoms with van der Waals surface area (Å²) in [7, 11) is -3.87. The molecule has 0 bridgehead atoms. The van der Waals surface area contributed by atoms with Crippen molar-refractivity contribution in [1.82, 2.24) is 4.90 Å². The first-order chi connectivity index (χ1) is 15.1. The molecule has 7 nitrogen and oxygen atoms in total. The molecule has 0 aliphatic carbocycles. The van der Waals surface area contributed by atoms with Crippen LogP contribution >= 0.6 is 0 Å². The zero-order valence-corrected chi connectivity index (χ0v) is 19.3. The molecule has 1 saturated heterocycles. The van der Waals surface area contributed by atoms with Gasteiger partial charge in [-0.25, -0.2) is 18.5 Å². The molecule has 4 rings (SSSR count). The number of primary sulfonamides is 1. The van der Waals surface area contributed by atoms with E-state index in [2.05, 4.69) is 6.92 Å². The van der Waals surface area contributed by atoms with Crippen molar-refractivity contribution < 1.29 is 18.0 Å². The van der Waals surface area contributed by atoms with Crippen LogP contribution in [0.15, 0.2) is 53.1 Å². The van der Waals surface area contributed by atoms with Crippen molar-refractivity contribution in [1.29, 1.82) is 0 Å². The van der Waals surface area contributed by atoms with Crippen LogP contribution in [0.1, 0.15) is 36.5 Å². The second kappa shape index (κ2) is 8.18. The molecular formula is C24H27N3O4S. The van der Waals surface area contributed by atoms with Crippen molar-refractivity contribution >= 4 is 33.1 Å². The second-order valence-corrected chi connectivity index (χ2v) is 10.3. The molecule has 2 aromatic rings. The molecule has 0 radical (unpaired) electrons. The maximum absolute atomic E-state index is 13.6. The molecule has 0 aromatic heterocycles. The summed E-state index contributed by atoms with van der Waals surface area (Å²) in [4.78, 5) is 30.4. The van der Waals surface area contributed by atoms with Gasteiger partial charge in [-0.05, 0) is 68.0 Å². The fraction of sp³-hybridized carbons (Fsp3) is 0.333. The van der Waals surface area contributed by atoms with Gasteiger partial charge < -0.3 is 4.90 Å². The van der Waals surface area contributed by atoms with Crippen molar-refractivity contribution in [2.45, 2.75) is 38.5 Å². The Labute approximate surface area is 188 Å². The molecule has 0 spiro atoms. The largest absolute Gasteiger partial charge is 0.366 e. The van der Waals surface area contributed by atoms with Crippen LogP contribution in [0.3, 0.4) is 0 Å². The summed E-state index contributed by atoms with van der Waals surface area (Å²) in [5.41, 5.74) is 3.88. The van der Waals surface area contributed by atoms with Crippen LogP contribution in [0.2, 0.25) is 0 Å². The zero-order chi connectivity index (χ0) is 23.2. The zero-order valence-electron chi connectivity index (χ0n) is 18.5. The lowest BCUT2D eigenvalue weighted by molar-refractivity contribution is -0.120. The van der Waals surface area contributed by atoms with Crippen LogP contribution in [-0.4, -0.2) is 38.2 Å². The van der Waals surface area contributed by atoms with Gasteiger partial charge in [0.05, 0.1) is 16.2 Å². The lowest BCUT2D eigenvalue weighted by atomic mass is 9.95. The first kappa shape index (κ1) is 22.2. The number of benzene rings is 2. The number of carbonyl (C=O) groups excluding carboxylic acids is 2. The topological polar surface area (TPSA) is 101 Å². The van der Waals surface area contributed by atoms with Crippen molar-refractivity contribution in [3.05, 3.63) is 64.9 Å². The van der Waals surface area contributed by atoms with Crippen LogP contribution in [0.4, 0.5) is 5.69 Å². The Hall–Kier alpha value is -2.97. The van der Waals surface area contributed by atoms with Gasteiger partial charge in [-0.15, -0.1) is 0 Å². The van der Waals surface area contributed by atoms with Gasteiger partial charge in [-0.3, -0.25) is 9.59 Å². The van der Waals surface area contributed by atoms with Crippen LogP contribution < -0.4 is 10.0 Å². The van der Waals surface area contributed by atoms with E-state index in [1.54, 1.807) is 0 Å². The Bertz CT molecular complexity index is 1230. The van der Waals surface area contributed by atoms with Gasteiger partial charge in [0, 0.05) is 13.1 Å². The number of hydrogen-bond acceptors (Lipinski definition) is 5. The number of anilines is 1. The van der Waals surface area contributed by atoms with Gasteiger partial charge in [-0.2, -0.15) is 0 Å². The smallest absolute Gasteiger partial charge is 0.282 e. The summed E-state index contributed by atoms with van der Waals surface area (Å²) >= 11 is 0. The maximum atomic E-state index is 13.6. The minimum atomic E-state index is -3.87. The van der Waals surface area contributed by atoms with E-state index >= 15 is 0 Å². The van der Waals surface area contributed by atoms with Gasteiger partial charge in [0.15, 0.2) is 0 Å². The minimum Gasteiger partial charge on any atom is -0.366 e. The third kappa shape index (κ3) is 3.96. The Morgan fingerprint density at radius 1 is 1.00 bits per heavy atom. The first-order valence-electron chi connectivity index (χ1n) is 10.7. The number of nitrogens with zero attached hydrogens (tertiary/aromatic N) is 2. The van der Waals surface area contributed by atoms with Gasteiger partial charge in [-0.1, -0.05) is 30.7 Å². The van der Waals surface area contributed by atoms with E-state index in [1.807, 2.05) is 36.9 Å². The van der Waals surface area contributed by atoms with Crippen molar-refractivity contribution in [2.75, 3.05) is 18.0 Å². The predicted molar refractivity (Wildman–Crippen MR) is 123 cm³/mol. The molecular weight excluding hydrogens is 426 g/mol. The van der Waals surface area contributed by atoms with E-state index in [0.29, 0.717) is 36.0 Å². The van der Waals surface area contributed by atoms with E-state index in [9.17, 15) is 18.0 Å². The SMILES string of the molecule is Cc1ccc(C2=C(N3CCCC(C)C3)C(=O)N(c3ccc(S(N)(=O)=O)cc3)C2=O)c(C)c1. The number of amides is 2. The van der Waals surface area contributed by atoms with E-state index in [1.165, 1.54) is 24.3 Å². The van der Waals surface area contributed by atoms with Gasteiger partial charge in [0.1, 0.15) is 5.70 Å². The number of carbonyl (C=O) groups is 2. The summed E-state index contributed by atoms with van der Waals surface area (Å²) in [6.45, 7) is 7.49. The molecule has 8 heteroatoms. The Balaban J connectivity index is 1.83. The summed E-state index contributed by atoms with van der Waals surface area (Å²) in [5.74, 6) is -0.372. The normalized spacial score (nSPS) is 19.8. The maximum Gasteiger partial charge on any atom is 0.282 e. The molecule has 2 N–H and O–H groups in total. The van der Waals surface area contributed by atoms with E-state index < -0.39 is 15.9 Å². The van der Waals surface area contributed by atoms with E-state index in [0.717, 1.165) is 34.4 Å². The molecule has 1 atom stereocenters. The lowest BCUT2D eigenvalue weighted by Crippen LogP contribution is -2.39. The highest BCUT2D eigenvalue weighted by molar-refractivity contribution is 7.89. The Kier molecular flexibility index (Phi) is 5.68. The first-order valence-corrected chi connectivity index (χ1v) is 12.2. The Morgan fingerprint density at radius 2 is 1.69 bits per heavy atom.